The smallest absolute Gasteiger partial charge is 0.123 e. The minimum Gasteiger partial charge on any atom is -0.396 e. The fourth-order valence-electron chi connectivity index (χ4n) is 5.33. The Labute approximate surface area is 232 Å². The van der Waals surface area contributed by atoms with E-state index in [2.05, 4.69) is 32.0 Å². The van der Waals surface area contributed by atoms with Crippen LogP contribution in [0.3, 0.4) is 0 Å². The Balaban J connectivity index is 1.44. The highest BCUT2D eigenvalue weighted by atomic mass is 35.5. The summed E-state index contributed by atoms with van der Waals surface area (Å²) in [7, 11) is 0. The van der Waals surface area contributed by atoms with E-state index < -0.39 is 11.8 Å². The number of hydrogen-bond donors (Lipinski definition) is 3. The Morgan fingerprint density at radius 1 is 1.21 bits per heavy atom. The van der Waals surface area contributed by atoms with E-state index in [1.165, 1.54) is 18.3 Å². The lowest BCUT2D eigenvalue weighted by Gasteiger charge is -2.32. The van der Waals surface area contributed by atoms with E-state index in [0.717, 1.165) is 38.5 Å². The van der Waals surface area contributed by atoms with E-state index in [1.807, 2.05) is 6.07 Å². The van der Waals surface area contributed by atoms with E-state index in [0.29, 0.717) is 44.1 Å². The molecule has 200 valence electrons. The lowest BCUT2D eigenvalue weighted by atomic mass is 9.84. The number of nitrogens with one attached hydrogen (secondary N) is 2. The summed E-state index contributed by atoms with van der Waals surface area (Å²) in [6.07, 6.45) is 9.17. The van der Waals surface area contributed by atoms with Crippen molar-refractivity contribution in [2.45, 2.75) is 56.6 Å². The molecule has 6 rings (SSSR count). The molecule has 2 aliphatic rings. The quantitative estimate of drug-likeness (QED) is 0.249. The van der Waals surface area contributed by atoms with E-state index in [4.69, 9.17) is 11.6 Å². The summed E-state index contributed by atoms with van der Waals surface area (Å²) in [5, 5.41) is 36.2. The van der Waals surface area contributed by atoms with Crippen molar-refractivity contribution in [3.63, 3.8) is 0 Å². The second-order valence-corrected chi connectivity index (χ2v) is 10.7. The first-order valence-electron chi connectivity index (χ1n) is 13.8. The fraction of sp³-hybridized carbons (Fsp3) is 0.379. The summed E-state index contributed by atoms with van der Waals surface area (Å²) in [6.45, 7) is 0.0662. The normalized spacial score (nSPS) is 21.1. The SMILES string of the molecule is [2H][C@@](Nc1cc(Cl)c2ncc(C#N)c(N[C@@H]3CCCC[C@H]3CO)c2c1)(c1ccc(F)cc1)c1cn(C2CC2)nn1. The molecular formula is C29H29ClFN7O. The molecule has 3 atom stereocenters. The number of hydrogen-bond acceptors (Lipinski definition) is 7. The Morgan fingerprint density at radius 3 is 2.74 bits per heavy atom. The first kappa shape index (κ1) is 24.3. The topological polar surface area (TPSA) is 112 Å². The second-order valence-electron chi connectivity index (χ2n) is 10.3. The summed E-state index contributed by atoms with van der Waals surface area (Å²) in [4.78, 5) is 4.45. The Bertz CT molecular complexity index is 1590. The molecule has 0 saturated heterocycles. The zero-order chi connectivity index (χ0) is 27.9. The third-order valence-corrected chi connectivity index (χ3v) is 7.90. The summed E-state index contributed by atoms with van der Waals surface area (Å²) < 4.78 is 25.1. The van der Waals surface area contributed by atoms with Crippen LogP contribution < -0.4 is 10.6 Å². The van der Waals surface area contributed by atoms with Crippen LogP contribution in [0.1, 0.15) is 68.8 Å². The van der Waals surface area contributed by atoms with Crippen LogP contribution in [0.5, 0.6) is 0 Å². The van der Waals surface area contributed by atoms with Gasteiger partial charge in [0, 0.05) is 35.8 Å². The Morgan fingerprint density at radius 2 is 2.00 bits per heavy atom. The third-order valence-electron chi connectivity index (χ3n) is 7.61. The molecule has 8 nitrogen and oxygen atoms in total. The van der Waals surface area contributed by atoms with Gasteiger partial charge in [-0.05, 0) is 55.5 Å². The van der Waals surface area contributed by atoms with Crippen LogP contribution >= 0.6 is 11.6 Å². The number of nitriles is 1. The molecule has 0 radical (unpaired) electrons. The predicted octanol–water partition coefficient (Wildman–Crippen LogP) is 5.99. The molecule has 0 amide bonds. The standard InChI is InChI=1S/C29H29ClFN7O/c30-24-12-21(34-28(17-5-7-20(31)8-6-17)26-15-38(37-36-26)22-9-10-22)11-23-27(19(13-32)14-33-29(23)24)35-25-4-2-1-3-18(25)16-39/h5-8,11-12,14-15,18,22,25,28,34,39H,1-4,9-10,16H2,(H,33,35)/t18-,25+,28+/m0/s1/i28D. The minimum atomic E-state index is -1.61. The van der Waals surface area contributed by atoms with Gasteiger partial charge in [0.05, 0.1) is 41.4 Å². The molecule has 0 aliphatic heterocycles. The highest BCUT2D eigenvalue weighted by molar-refractivity contribution is 6.35. The molecular weight excluding hydrogens is 517 g/mol. The van der Waals surface area contributed by atoms with Gasteiger partial charge in [0.25, 0.3) is 0 Å². The lowest BCUT2D eigenvalue weighted by molar-refractivity contribution is 0.178. The molecule has 0 bridgehead atoms. The number of halogens is 2. The molecule has 10 heteroatoms. The van der Waals surface area contributed by atoms with Crippen molar-refractivity contribution in [2.75, 3.05) is 17.2 Å². The van der Waals surface area contributed by atoms with Crippen LogP contribution in [0.4, 0.5) is 15.8 Å². The zero-order valence-electron chi connectivity index (χ0n) is 22.2. The van der Waals surface area contributed by atoms with Crippen molar-refractivity contribution in [2.24, 2.45) is 5.92 Å². The number of fused-ring (bicyclic) bond motifs is 1. The van der Waals surface area contributed by atoms with Gasteiger partial charge in [0.15, 0.2) is 0 Å². The molecule has 3 N–H and O–H groups in total. The number of nitrogens with zero attached hydrogens (tertiary/aromatic N) is 5. The first-order chi connectivity index (χ1) is 19.4. The number of aromatic nitrogens is 4. The molecule has 0 unspecified atom stereocenters. The van der Waals surface area contributed by atoms with E-state index in [-0.39, 0.29) is 24.6 Å². The Hall–Kier alpha value is -3.74. The van der Waals surface area contributed by atoms with E-state index in [1.54, 1.807) is 29.1 Å². The average molecular weight is 547 g/mol. The molecule has 0 spiro atoms. The van der Waals surface area contributed by atoms with Crippen LogP contribution in [0.2, 0.25) is 5.02 Å². The molecule has 2 saturated carbocycles. The molecule has 2 heterocycles. The fourth-order valence-corrected chi connectivity index (χ4v) is 5.60. The molecule has 2 aromatic carbocycles. The van der Waals surface area contributed by atoms with Gasteiger partial charge in [-0.15, -0.1) is 5.10 Å². The van der Waals surface area contributed by atoms with Gasteiger partial charge in [-0.25, -0.2) is 9.07 Å². The summed E-state index contributed by atoms with van der Waals surface area (Å²) in [6, 6.07) is 10.1. The summed E-state index contributed by atoms with van der Waals surface area (Å²) >= 11 is 6.73. The van der Waals surface area contributed by atoms with Crippen molar-refractivity contribution < 1.29 is 10.9 Å². The van der Waals surface area contributed by atoms with Gasteiger partial charge in [-0.2, -0.15) is 5.26 Å². The maximum Gasteiger partial charge on any atom is 0.123 e. The minimum absolute atomic E-state index is 0.00113. The van der Waals surface area contributed by atoms with Crippen molar-refractivity contribution in [1.29, 1.82) is 5.26 Å². The van der Waals surface area contributed by atoms with Gasteiger partial charge in [-0.1, -0.05) is 41.8 Å². The van der Waals surface area contributed by atoms with Crippen LogP contribution in [-0.4, -0.2) is 37.7 Å². The van der Waals surface area contributed by atoms with Gasteiger partial charge < -0.3 is 15.7 Å². The van der Waals surface area contributed by atoms with Crippen molar-refractivity contribution in [3.05, 3.63) is 76.5 Å². The predicted molar refractivity (Wildman–Crippen MR) is 148 cm³/mol. The average Bonchev–Trinajstić information content (AvgIpc) is 3.69. The summed E-state index contributed by atoms with van der Waals surface area (Å²) in [5.74, 6) is -0.329. The van der Waals surface area contributed by atoms with Crippen molar-refractivity contribution in [3.8, 4) is 6.07 Å². The lowest BCUT2D eigenvalue weighted by Crippen LogP contribution is -2.34. The largest absolute Gasteiger partial charge is 0.396 e. The number of pyridine rings is 1. The maximum atomic E-state index is 13.8. The molecule has 2 aromatic heterocycles. The molecule has 39 heavy (non-hydrogen) atoms. The second kappa shape index (κ2) is 10.8. The zero-order valence-corrected chi connectivity index (χ0v) is 22.0. The molecule has 2 aliphatic carbocycles. The first-order valence-corrected chi connectivity index (χ1v) is 13.6. The third kappa shape index (κ3) is 5.27. The van der Waals surface area contributed by atoms with Crippen LogP contribution in [0.25, 0.3) is 10.9 Å². The molecule has 4 aromatic rings. The van der Waals surface area contributed by atoms with Gasteiger partial charge in [-0.3, -0.25) is 4.98 Å². The summed E-state index contributed by atoms with van der Waals surface area (Å²) in [5.41, 5.74) is 2.81. The highest BCUT2D eigenvalue weighted by Crippen LogP contribution is 2.38. The molecule has 2 fully saturated rings. The van der Waals surface area contributed by atoms with Gasteiger partial charge in [0.1, 0.15) is 17.6 Å². The van der Waals surface area contributed by atoms with E-state index in [9.17, 15) is 16.1 Å². The van der Waals surface area contributed by atoms with Crippen LogP contribution in [-0.2, 0) is 0 Å². The number of benzene rings is 2. The van der Waals surface area contributed by atoms with Crippen molar-refractivity contribution >= 4 is 33.9 Å². The maximum absolute atomic E-state index is 13.8. The number of anilines is 2. The van der Waals surface area contributed by atoms with Gasteiger partial charge >= 0.3 is 0 Å². The van der Waals surface area contributed by atoms with E-state index >= 15 is 0 Å². The van der Waals surface area contributed by atoms with Gasteiger partial charge in [0.2, 0.25) is 0 Å². The number of aliphatic hydroxyl groups excluding tert-OH is 1. The van der Waals surface area contributed by atoms with Crippen molar-refractivity contribution in [1.82, 2.24) is 20.0 Å². The van der Waals surface area contributed by atoms with Crippen LogP contribution in [0, 0.1) is 23.1 Å². The number of rotatable bonds is 8. The monoisotopic (exact) mass is 546 g/mol. The number of aliphatic hydroxyl groups is 1. The Kier molecular flexibility index (Phi) is 6.73. The highest BCUT2D eigenvalue weighted by Gasteiger charge is 2.28. The van der Waals surface area contributed by atoms with Crippen LogP contribution in [0.15, 0.2) is 48.8 Å².